The third kappa shape index (κ3) is 4.28. The fraction of sp³-hybridized carbons (Fsp3) is 0.174. The van der Waals surface area contributed by atoms with Crippen LogP contribution in [0.1, 0.15) is 32.0 Å². The van der Waals surface area contributed by atoms with Crippen molar-refractivity contribution in [1.29, 1.82) is 0 Å². The molecule has 4 rings (SSSR count). The lowest BCUT2D eigenvalue weighted by atomic mass is 10.1. The Labute approximate surface area is 187 Å². The average molecular weight is 449 g/mol. The molecule has 0 spiro atoms. The van der Waals surface area contributed by atoms with Crippen molar-refractivity contribution in [3.05, 3.63) is 70.6 Å². The predicted octanol–water partition coefficient (Wildman–Crippen LogP) is 3.15. The number of ether oxygens (including phenoxy) is 1. The number of aromatic nitrogens is 1. The van der Waals surface area contributed by atoms with Crippen LogP contribution in [-0.4, -0.2) is 47.2 Å². The molecule has 0 bridgehead atoms. The van der Waals surface area contributed by atoms with Crippen molar-refractivity contribution in [2.45, 2.75) is 12.8 Å². The van der Waals surface area contributed by atoms with Crippen LogP contribution in [0.3, 0.4) is 0 Å². The number of benzene rings is 2. The van der Waals surface area contributed by atoms with Crippen LogP contribution in [0, 0.1) is 0 Å². The number of esters is 1. The van der Waals surface area contributed by atoms with Crippen molar-refractivity contribution in [2.24, 2.45) is 0 Å². The van der Waals surface area contributed by atoms with Gasteiger partial charge in [0.1, 0.15) is 0 Å². The second kappa shape index (κ2) is 9.11. The monoisotopic (exact) mass is 449 g/mol. The number of imide groups is 1. The van der Waals surface area contributed by atoms with Gasteiger partial charge in [-0.05, 0) is 12.1 Å². The molecule has 9 heteroatoms. The number of methoxy groups -OCH3 is 1. The first-order chi connectivity index (χ1) is 15.5. The molecule has 2 heterocycles. The van der Waals surface area contributed by atoms with Crippen LogP contribution in [0.2, 0.25) is 0 Å². The van der Waals surface area contributed by atoms with E-state index in [0.29, 0.717) is 26.8 Å². The van der Waals surface area contributed by atoms with Crippen LogP contribution in [0.25, 0.3) is 11.3 Å². The third-order valence-electron chi connectivity index (χ3n) is 4.96. The summed E-state index contributed by atoms with van der Waals surface area (Å²) in [6.07, 6.45) is -0.0403. The summed E-state index contributed by atoms with van der Waals surface area (Å²) >= 11 is 1.18. The minimum absolute atomic E-state index is 0.0311. The third-order valence-corrected chi connectivity index (χ3v) is 5.93. The van der Waals surface area contributed by atoms with Crippen molar-refractivity contribution in [1.82, 2.24) is 9.88 Å². The fourth-order valence-electron chi connectivity index (χ4n) is 3.39. The maximum absolute atomic E-state index is 12.5. The average Bonchev–Trinajstić information content (AvgIpc) is 3.31. The summed E-state index contributed by atoms with van der Waals surface area (Å²) in [7, 11) is 1.31. The lowest BCUT2D eigenvalue weighted by Gasteiger charge is -2.12. The number of hydrogen-bond acceptors (Lipinski definition) is 7. The van der Waals surface area contributed by atoms with Crippen LogP contribution >= 0.6 is 11.3 Å². The molecule has 1 N–H and O–H groups in total. The molecule has 8 nitrogen and oxygen atoms in total. The lowest BCUT2D eigenvalue weighted by Crippen LogP contribution is -2.32. The van der Waals surface area contributed by atoms with E-state index < -0.39 is 17.8 Å². The summed E-state index contributed by atoms with van der Waals surface area (Å²) < 4.78 is 4.76. The van der Waals surface area contributed by atoms with Crippen molar-refractivity contribution in [3.63, 3.8) is 0 Å². The Balaban J connectivity index is 1.45. The molecular weight excluding hydrogens is 430 g/mol. The molecule has 1 aromatic heterocycles. The normalized spacial score (nSPS) is 12.6. The van der Waals surface area contributed by atoms with Gasteiger partial charge in [-0.2, -0.15) is 0 Å². The van der Waals surface area contributed by atoms with Crippen molar-refractivity contribution in [3.8, 4) is 11.3 Å². The molecule has 3 aromatic rings. The van der Waals surface area contributed by atoms with E-state index in [0.717, 1.165) is 10.5 Å². The van der Waals surface area contributed by atoms with Crippen molar-refractivity contribution in [2.75, 3.05) is 19.0 Å². The smallest absolute Gasteiger partial charge is 0.310 e. The van der Waals surface area contributed by atoms with Gasteiger partial charge in [0.2, 0.25) is 5.91 Å². The molecule has 0 atom stereocenters. The molecule has 0 aliphatic carbocycles. The molecule has 2 aromatic carbocycles. The Kier molecular flexibility index (Phi) is 6.09. The molecule has 0 unspecified atom stereocenters. The van der Waals surface area contributed by atoms with E-state index in [4.69, 9.17) is 4.74 Å². The van der Waals surface area contributed by atoms with Gasteiger partial charge in [-0.3, -0.25) is 24.1 Å². The number of nitrogens with zero attached hydrogens (tertiary/aromatic N) is 2. The van der Waals surface area contributed by atoms with E-state index >= 15 is 0 Å². The minimum atomic E-state index is -0.408. The van der Waals surface area contributed by atoms with Crippen LogP contribution in [0.4, 0.5) is 5.13 Å². The molecule has 0 fully saturated rings. The quantitative estimate of drug-likeness (QED) is 0.439. The molecule has 3 amide bonds. The van der Waals surface area contributed by atoms with Crippen LogP contribution in [0.15, 0.2) is 54.6 Å². The first-order valence-electron chi connectivity index (χ1n) is 9.85. The lowest BCUT2D eigenvalue weighted by molar-refractivity contribution is -0.139. The van der Waals surface area contributed by atoms with Gasteiger partial charge < -0.3 is 10.1 Å². The van der Waals surface area contributed by atoms with Crippen LogP contribution in [0.5, 0.6) is 0 Å². The molecule has 32 heavy (non-hydrogen) atoms. The highest BCUT2D eigenvalue weighted by Gasteiger charge is 2.35. The topological polar surface area (TPSA) is 106 Å². The summed E-state index contributed by atoms with van der Waals surface area (Å²) in [6, 6.07) is 15.9. The van der Waals surface area contributed by atoms with Gasteiger partial charge >= 0.3 is 5.97 Å². The SMILES string of the molecule is COC(=O)Cc1sc(NC(=O)CCN2C(=O)c3ccccc3C2=O)nc1-c1ccccc1. The molecule has 1 aliphatic heterocycles. The van der Waals surface area contributed by atoms with Gasteiger partial charge in [-0.25, -0.2) is 4.98 Å². The zero-order valence-corrected chi connectivity index (χ0v) is 18.0. The van der Waals surface area contributed by atoms with Gasteiger partial charge in [0, 0.05) is 23.4 Å². The van der Waals surface area contributed by atoms with E-state index in [1.165, 1.54) is 18.4 Å². The molecule has 162 valence electrons. The number of amides is 3. The Morgan fingerprint density at radius 2 is 1.62 bits per heavy atom. The molecule has 0 saturated carbocycles. The summed E-state index contributed by atoms with van der Waals surface area (Å²) in [5, 5.41) is 3.03. The Hall–Kier alpha value is -3.85. The van der Waals surface area contributed by atoms with E-state index in [1.54, 1.807) is 24.3 Å². The zero-order valence-electron chi connectivity index (χ0n) is 17.2. The van der Waals surface area contributed by atoms with Gasteiger partial charge in [0.05, 0.1) is 30.4 Å². The summed E-state index contributed by atoms with van der Waals surface area (Å²) in [5.41, 5.74) is 2.10. The Morgan fingerprint density at radius 3 is 2.25 bits per heavy atom. The second-order valence-electron chi connectivity index (χ2n) is 7.02. The number of carbonyl (C=O) groups excluding carboxylic acids is 4. The number of hydrogen-bond donors (Lipinski definition) is 1. The molecule has 1 aliphatic rings. The first kappa shape index (κ1) is 21.4. The molecule has 0 saturated heterocycles. The van der Waals surface area contributed by atoms with Crippen LogP contribution < -0.4 is 5.32 Å². The van der Waals surface area contributed by atoms with Crippen molar-refractivity contribution >= 4 is 40.2 Å². The predicted molar refractivity (Wildman–Crippen MR) is 118 cm³/mol. The van der Waals surface area contributed by atoms with E-state index in [1.807, 2.05) is 30.3 Å². The number of rotatable bonds is 7. The maximum Gasteiger partial charge on any atom is 0.310 e. The summed E-state index contributed by atoms with van der Waals surface area (Å²) in [5.74, 6) is -1.60. The van der Waals surface area contributed by atoms with Gasteiger partial charge in [-0.15, -0.1) is 11.3 Å². The van der Waals surface area contributed by atoms with E-state index in [2.05, 4.69) is 10.3 Å². The molecule has 0 radical (unpaired) electrons. The summed E-state index contributed by atoms with van der Waals surface area (Å²) in [6.45, 7) is -0.0376. The Morgan fingerprint density at radius 1 is 1.00 bits per heavy atom. The van der Waals surface area contributed by atoms with E-state index in [-0.39, 0.29) is 25.3 Å². The standard InChI is InChI=1S/C23H19N3O5S/c1-31-19(28)13-17-20(14-7-3-2-4-8-14)25-23(32-17)24-18(27)11-12-26-21(29)15-9-5-6-10-16(15)22(26)30/h2-10H,11-13H2,1H3,(H,24,25,27). The number of nitrogens with one attached hydrogen (secondary N) is 1. The second-order valence-corrected chi connectivity index (χ2v) is 8.10. The largest absolute Gasteiger partial charge is 0.469 e. The number of fused-ring (bicyclic) bond motifs is 1. The maximum atomic E-state index is 12.5. The van der Waals surface area contributed by atoms with Crippen LogP contribution in [-0.2, 0) is 20.7 Å². The molecular formula is C23H19N3O5S. The van der Waals surface area contributed by atoms with E-state index in [9.17, 15) is 19.2 Å². The highest BCUT2D eigenvalue weighted by Crippen LogP contribution is 2.32. The van der Waals surface area contributed by atoms with Crippen molar-refractivity contribution < 1.29 is 23.9 Å². The Bertz CT molecular complexity index is 1170. The van der Waals surface area contributed by atoms with Gasteiger partial charge in [0.25, 0.3) is 11.8 Å². The zero-order chi connectivity index (χ0) is 22.7. The first-order valence-corrected chi connectivity index (χ1v) is 10.7. The van der Waals surface area contributed by atoms with Gasteiger partial charge in [-0.1, -0.05) is 42.5 Å². The number of anilines is 1. The summed E-state index contributed by atoms with van der Waals surface area (Å²) in [4.78, 5) is 55.4. The number of thiazole rings is 1. The highest BCUT2D eigenvalue weighted by atomic mass is 32.1. The minimum Gasteiger partial charge on any atom is -0.469 e. The van der Waals surface area contributed by atoms with Gasteiger partial charge in [0.15, 0.2) is 5.13 Å². The highest BCUT2D eigenvalue weighted by molar-refractivity contribution is 7.16. The fourth-order valence-corrected chi connectivity index (χ4v) is 4.37. The number of carbonyl (C=O) groups is 4.